The molecule has 0 radical (unpaired) electrons. The molecule has 0 bridgehead atoms. The van der Waals surface area contributed by atoms with Gasteiger partial charge in [0.05, 0.1) is 0 Å². The lowest BCUT2D eigenvalue weighted by molar-refractivity contribution is -0.294. The maximum atomic E-state index is 10.5. The molecule has 0 saturated carbocycles. The molecule has 16 heavy (non-hydrogen) atoms. The van der Waals surface area contributed by atoms with E-state index in [1.807, 2.05) is 0 Å². The Labute approximate surface area is 91.6 Å². The molecule has 1 aromatic rings. The first-order valence-corrected chi connectivity index (χ1v) is 4.54. The first-order chi connectivity index (χ1) is 7.65. The number of carboxylic acid groups (broad SMARTS) is 1. The van der Waals surface area contributed by atoms with E-state index in [1.165, 1.54) is 0 Å². The van der Waals surface area contributed by atoms with Crippen LogP contribution in [0.2, 0.25) is 0 Å². The van der Waals surface area contributed by atoms with Gasteiger partial charge in [0.1, 0.15) is 18.5 Å². The van der Waals surface area contributed by atoms with Gasteiger partial charge in [0, 0.05) is 0 Å². The number of para-hydroxylation sites is 1. The molecule has 0 amide bonds. The van der Waals surface area contributed by atoms with E-state index in [0.29, 0.717) is 5.75 Å². The largest absolute Gasteiger partial charge is 0.491 e. The highest BCUT2D eigenvalue weighted by molar-refractivity contribution is 5.72. The van der Waals surface area contributed by atoms with Gasteiger partial charge in [0.2, 0.25) is 6.10 Å². The molecule has 0 aliphatic heterocycles. The fraction of sp³-hybridized carbons (Fsp3) is 0.300. The number of carboxylic acids is 1. The Kier molecular flexibility index (Phi) is 4.71. The smallest absolute Gasteiger partial charge is 0.339 e. The summed E-state index contributed by atoms with van der Waals surface area (Å²) in [6, 6.07) is 8.57. The summed E-state index contributed by atoms with van der Waals surface area (Å²) in [4.78, 5) is 14.1. The molecule has 0 heterocycles. The van der Waals surface area contributed by atoms with Crippen LogP contribution in [0.3, 0.4) is 0 Å². The van der Waals surface area contributed by atoms with E-state index in [4.69, 9.17) is 15.1 Å². The lowest BCUT2D eigenvalue weighted by Gasteiger charge is -2.16. The highest BCUT2D eigenvalue weighted by Crippen LogP contribution is 2.09. The van der Waals surface area contributed by atoms with Crippen LogP contribution in [0.25, 0.3) is 0 Å². The number of hydrogen-bond donors (Lipinski definition) is 3. The van der Waals surface area contributed by atoms with Gasteiger partial charge in [0.15, 0.2) is 0 Å². The van der Waals surface area contributed by atoms with Crippen molar-refractivity contribution in [2.45, 2.75) is 12.2 Å². The van der Waals surface area contributed by atoms with Crippen LogP contribution in [0.4, 0.5) is 0 Å². The van der Waals surface area contributed by atoms with Gasteiger partial charge < -0.3 is 14.9 Å². The number of carbonyl (C=O) groups is 1. The quantitative estimate of drug-likeness (QED) is 0.481. The predicted molar refractivity (Wildman–Crippen MR) is 53.1 cm³/mol. The van der Waals surface area contributed by atoms with Gasteiger partial charge in [0.25, 0.3) is 0 Å². The van der Waals surface area contributed by atoms with Crippen molar-refractivity contribution in [1.29, 1.82) is 0 Å². The Hall–Kier alpha value is -1.63. The van der Waals surface area contributed by atoms with Gasteiger partial charge in [-0.2, -0.15) is 0 Å². The topological polar surface area (TPSA) is 96.2 Å². The van der Waals surface area contributed by atoms with E-state index in [1.54, 1.807) is 30.3 Å². The third kappa shape index (κ3) is 3.50. The number of aliphatic carboxylic acids is 1. The monoisotopic (exact) mass is 228 g/mol. The van der Waals surface area contributed by atoms with Gasteiger partial charge in [-0.05, 0) is 12.1 Å². The van der Waals surface area contributed by atoms with Crippen LogP contribution in [0.5, 0.6) is 5.75 Å². The second kappa shape index (κ2) is 6.06. The van der Waals surface area contributed by atoms with Crippen LogP contribution >= 0.6 is 0 Å². The lowest BCUT2D eigenvalue weighted by atomic mass is 10.2. The molecule has 2 unspecified atom stereocenters. The molecule has 88 valence electrons. The fourth-order valence-corrected chi connectivity index (χ4v) is 1.07. The molecule has 1 aromatic carbocycles. The Balaban J connectivity index is 2.46. The molecule has 0 aliphatic rings. The van der Waals surface area contributed by atoms with Crippen molar-refractivity contribution in [1.82, 2.24) is 0 Å². The van der Waals surface area contributed by atoms with Crippen molar-refractivity contribution >= 4 is 5.97 Å². The van der Waals surface area contributed by atoms with Crippen LogP contribution in [0, 0.1) is 0 Å². The number of rotatable bonds is 6. The summed E-state index contributed by atoms with van der Waals surface area (Å²) in [5.41, 5.74) is 0. The van der Waals surface area contributed by atoms with E-state index in [9.17, 15) is 9.90 Å². The maximum Gasteiger partial charge on any atom is 0.339 e. The SMILES string of the molecule is O=C(O)C(OO)C(O)COc1ccccc1. The summed E-state index contributed by atoms with van der Waals surface area (Å²) in [6.07, 6.45) is -3.17. The van der Waals surface area contributed by atoms with E-state index in [-0.39, 0.29) is 6.61 Å². The standard InChI is InChI=1S/C10H12O6/c11-8(9(16-14)10(12)13)6-15-7-4-2-1-3-5-7/h1-5,8-9,11,14H,6H2,(H,12,13). The molecule has 2 atom stereocenters. The molecule has 1 rings (SSSR count). The molecule has 6 nitrogen and oxygen atoms in total. The Morgan fingerprint density at radius 3 is 2.44 bits per heavy atom. The first-order valence-electron chi connectivity index (χ1n) is 4.54. The third-order valence-corrected chi connectivity index (χ3v) is 1.87. The van der Waals surface area contributed by atoms with Gasteiger partial charge in [-0.1, -0.05) is 18.2 Å². The molecule has 3 N–H and O–H groups in total. The summed E-state index contributed by atoms with van der Waals surface area (Å²) < 4.78 is 5.10. The molecule has 0 saturated heterocycles. The van der Waals surface area contributed by atoms with Crippen molar-refractivity contribution in [3.05, 3.63) is 30.3 Å². The highest BCUT2D eigenvalue weighted by atomic mass is 17.1. The van der Waals surface area contributed by atoms with Gasteiger partial charge >= 0.3 is 5.97 Å². The van der Waals surface area contributed by atoms with Gasteiger partial charge in [-0.15, -0.1) is 0 Å². The molecule has 0 fully saturated rings. The highest BCUT2D eigenvalue weighted by Gasteiger charge is 2.28. The average molecular weight is 228 g/mol. The van der Waals surface area contributed by atoms with Crippen molar-refractivity contribution in [3.8, 4) is 5.75 Å². The second-order valence-corrected chi connectivity index (χ2v) is 3.06. The zero-order valence-corrected chi connectivity index (χ0v) is 8.31. The first kappa shape index (κ1) is 12.4. The van der Waals surface area contributed by atoms with Crippen molar-refractivity contribution < 1.29 is 29.9 Å². The molecule has 6 heteroatoms. The van der Waals surface area contributed by atoms with Crippen molar-refractivity contribution in [2.75, 3.05) is 6.61 Å². The van der Waals surface area contributed by atoms with Crippen molar-refractivity contribution in [2.24, 2.45) is 0 Å². The van der Waals surface area contributed by atoms with E-state index < -0.39 is 18.2 Å². The van der Waals surface area contributed by atoms with Gasteiger partial charge in [-0.25, -0.2) is 9.68 Å². The minimum Gasteiger partial charge on any atom is -0.491 e. The number of hydrogen-bond acceptors (Lipinski definition) is 5. The van der Waals surface area contributed by atoms with E-state index in [2.05, 4.69) is 4.89 Å². The third-order valence-electron chi connectivity index (χ3n) is 1.87. The summed E-state index contributed by atoms with van der Waals surface area (Å²) in [7, 11) is 0. The minimum atomic E-state index is -1.72. The van der Waals surface area contributed by atoms with E-state index >= 15 is 0 Å². The Morgan fingerprint density at radius 2 is 1.94 bits per heavy atom. The number of aliphatic hydroxyl groups excluding tert-OH is 1. The summed E-state index contributed by atoms with van der Waals surface area (Å²) in [5.74, 6) is -0.977. The molecule has 0 spiro atoms. The van der Waals surface area contributed by atoms with Crippen LogP contribution in [-0.2, 0) is 9.68 Å². The number of ether oxygens (including phenoxy) is 1. The number of aliphatic hydroxyl groups is 1. The van der Waals surface area contributed by atoms with Crippen LogP contribution in [-0.4, -0.2) is 40.3 Å². The molecular formula is C10H12O6. The van der Waals surface area contributed by atoms with Gasteiger partial charge in [-0.3, -0.25) is 5.26 Å². The summed E-state index contributed by atoms with van der Waals surface area (Å²) in [5, 5.41) is 26.2. The molecule has 0 aromatic heterocycles. The fourth-order valence-electron chi connectivity index (χ4n) is 1.07. The zero-order valence-electron chi connectivity index (χ0n) is 8.31. The summed E-state index contributed by atoms with van der Waals surface area (Å²) >= 11 is 0. The average Bonchev–Trinajstić information content (AvgIpc) is 2.28. The molecular weight excluding hydrogens is 216 g/mol. The Morgan fingerprint density at radius 1 is 1.31 bits per heavy atom. The van der Waals surface area contributed by atoms with E-state index in [0.717, 1.165) is 0 Å². The second-order valence-electron chi connectivity index (χ2n) is 3.06. The zero-order chi connectivity index (χ0) is 12.0. The Bertz CT molecular complexity index is 325. The van der Waals surface area contributed by atoms with Crippen LogP contribution < -0.4 is 4.74 Å². The van der Waals surface area contributed by atoms with Crippen molar-refractivity contribution in [3.63, 3.8) is 0 Å². The predicted octanol–water partition coefficient (Wildman–Crippen LogP) is 0.369. The normalized spacial score (nSPS) is 14.1. The van der Waals surface area contributed by atoms with Crippen LogP contribution in [0.1, 0.15) is 0 Å². The lowest BCUT2D eigenvalue weighted by Crippen LogP contribution is -2.39. The number of benzene rings is 1. The summed E-state index contributed by atoms with van der Waals surface area (Å²) in [6.45, 7) is -0.290. The minimum absolute atomic E-state index is 0.290. The molecule has 0 aliphatic carbocycles. The maximum absolute atomic E-state index is 10.5. The van der Waals surface area contributed by atoms with Crippen LogP contribution in [0.15, 0.2) is 30.3 Å².